The molecule has 0 bridgehead atoms. The fourth-order valence-corrected chi connectivity index (χ4v) is 2.20. The van der Waals surface area contributed by atoms with Crippen molar-refractivity contribution in [3.8, 4) is 5.75 Å². The molecule has 2 rings (SSSR count). The van der Waals surface area contributed by atoms with E-state index in [0.717, 1.165) is 22.2 Å². The van der Waals surface area contributed by atoms with Gasteiger partial charge in [-0.1, -0.05) is 11.6 Å². The van der Waals surface area contributed by atoms with Crippen LogP contribution in [0.15, 0.2) is 18.2 Å². The highest BCUT2D eigenvalue weighted by molar-refractivity contribution is 14.1. The Morgan fingerprint density at radius 2 is 2.07 bits per heavy atom. The quantitative estimate of drug-likeness (QED) is 0.841. The van der Waals surface area contributed by atoms with Crippen molar-refractivity contribution in [3.63, 3.8) is 0 Å². The molecule has 0 saturated heterocycles. The summed E-state index contributed by atoms with van der Waals surface area (Å²) in [5.41, 5.74) is 5.84. The van der Waals surface area contributed by atoms with E-state index in [1.54, 1.807) is 0 Å². The van der Waals surface area contributed by atoms with E-state index in [-0.39, 0.29) is 17.9 Å². The van der Waals surface area contributed by atoms with Crippen LogP contribution in [0.5, 0.6) is 5.75 Å². The summed E-state index contributed by atoms with van der Waals surface area (Å²) in [6.45, 7) is 0.587. The molecular formula is C10H12Cl2INO. The Labute approximate surface area is 114 Å². The van der Waals surface area contributed by atoms with Crippen LogP contribution in [0, 0.1) is 3.57 Å². The van der Waals surface area contributed by atoms with E-state index in [9.17, 15) is 0 Å². The predicted octanol–water partition coefficient (Wildman–Crippen LogP) is 3.24. The molecule has 0 radical (unpaired) electrons. The number of hydrogen-bond donors (Lipinski definition) is 1. The zero-order valence-electron chi connectivity index (χ0n) is 8.00. The summed E-state index contributed by atoms with van der Waals surface area (Å²) in [5, 5.41) is 0.703. The average molecular weight is 360 g/mol. The first kappa shape index (κ1) is 13.4. The Kier molecular flexibility index (Phi) is 4.52. The number of benzene rings is 1. The van der Waals surface area contributed by atoms with Gasteiger partial charge in [0.2, 0.25) is 0 Å². The van der Waals surface area contributed by atoms with Gasteiger partial charge in [-0.25, -0.2) is 0 Å². The third kappa shape index (κ3) is 3.98. The molecule has 5 heteroatoms. The van der Waals surface area contributed by atoms with Crippen molar-refractivity contribution >= 4 is 46.6 Å². The highest BCUT2D eigenvalue weighted by Gasteiger charge is 2.39. The van der Waals surface area contributed by atoms with E-state index in [2.05, 4.69) is 22.6 Å². The normalized spacial score (nSPS) is 16.7. The predicted molar refractivity (Wildman–Crippen MR) is 73.1 cm³/mol. The maximum atomic E-state index is 5.91. The number of ether oxygens (including phenoxy) is 1. The molecule has 1 aromatic carbocycles. The van der Waals surface area contributed by atoms with Crippen molar-refractivity contribution in [3.05, 3.63) is 26.8 Å². The zero-order valence-corrected chi connectivity index (χ0v) is 11.7. The van der Waals surface area contributed by atoms with Crippen molar-refractivity contribution < 1.29 is 4.74 Å². The van der Waals surface area contributed by atoms with Gasteiger partial charge in [-0.3, -0.25) is 0 Å². The lowest BCUT2D eigenvalue weighted by atomic mass is 10.3. The van der Waals surface area contributed by atoms with Crippen LogP contribution < -0.4 is 10.5 Å². The van der Waals surface area contributed by atoms with Crippen LogP contribution in [0.4, 0.5) is 0 Å². The van der Waals surface area contributed by atoms with Gasteiger partial charge in [0.25, 0.3) is 0 Å². The maximum absolute atomic E-state index is 5.91. The monoisotopic (exact) mass is 359 g/mol. The number of rotatable bonds is 3. The molecule has 2 nitrogen and oxygen atoms in total. The first-order valence-electron chi connectivity index (χ1n) is 4.45. The van der Waals surface area contributed by atoms with Gasteiger partial charge in [0.15, 0.2) is 0 Å². The van der Waals surface area contributed by atoms with Gasteiger partial charge in [0.05, 0.1) is 5.54 Å². The summed E-state index contributed by atoms with van der Waals surface area (Å²) in [4.78, 5) is 0. The largest absolute Gasteiger partial charge is 0.492 e. The number of hydrogen-bond acceptors (Lipinski definition) is 2. The summed E-state index contributed by atoms with van der Waals surface area (Å²) < 4.78 is 6.66. The number of nitrogens with two attached hydrogens (primary N) is 1. The topological polar surface area (TPSA) is 35.2 Å². The molecule has 15 heavy (non-hydrogen) atoms. The molecule has 0 heterocycles. The van der Waals surface area contributed by atoms with Gasteiger partial charge in [0.1, 0.15) is 12.4 Å². The fraction of sp³-hybridized carbons (Fsp3) is 0.400. The van der Waals surface area contributed by atoms with E-state index < -0.39 is 0 Å². The molecule has 1 fully saturated rings. The van der Waals surface area contributed by atoms with Crippen molar-refractivity contribution in [2.45, 2.75) is 18.4 Å². The Hall–Kier alpha value is 0.290. The molecule has 1 saturated carbocycles. The van der Waals surface area contributed by atoms with Gasteiger partial charge < -0.3 is 10.5 Å². The van der Waals surface area contributed by atoms with Crippen molar-refractivity contribution in [1.82, 2.24) is 0 Å². The number of halogens is 3. The van der Waals surface area contributed by atoms with Gasteiger partial charge in [-0.05, 0) is 53.6 Å². The van der Waals surface area contributed by atoms with E-state index in [4.69, 9.17) is 22.1 Å². The van der Waals surface area contributed by atoms with Crippen LogP contribution in [-0.4, -0.2) is 12.1 Å². The molecule has 0 spiro atoms. The SMILES string of the molecule is Cl.NC1(COc2cc(Cl)cc(I)c2)CC1. The smallest absolute Gasteiger partial charge is 0.121 e. The Morgan fingerprint density at radius 1 is 1.40 bits per heavy atom. The lowest BCUT2D eigenvalue weighted by molar-refractivity contribution is 0.279. The highest BCUT2D eigenvalue weighted by Crippen LogP contribution is 2.33. The molecule has 1 aromatic rings. The lowest BCUT2D eigenvalue weighted by Crippen LogP contribution is -2.29. The van der Waals surface area contributed by atoms with Gasteiger partial charge in [0, 0.05) is 8.59 Å². The van der Waals surface area contributed by atoms with E-state index in [0.29, 0.717) is 11.6 Å². The van der Waals surface area contributed by atoms with E-state index in [1.807, 2.05) is 18.2 Å². The standard InChI is InChI=1S/C10H11ClINO.ClH/c11-7-3-8(12)5-9(4-7)14-6-10(13)1-2-10;/h3-5H,1-2,6,13H2;1H. The van der Waals surface area contributed by atoms with Crippen molar-refractivity contribution in [2.75, 3.05) is 6.61 Å². The Balaban J connectivity index is 0.00000112. The molecule has 0 amide bonds. The Bertz CT molecular complexity index is 335. The second kappa shape index (κ2) is 5.08. The van der Waals surface area contributed by atoms with Crippen LogP contribution in [-0.2, 0) is 0 Å². The summed E-state index contributed by atoms with van der Waals surface area (Å²) in [6.07, 6.45) is 2.12. The van der Waals surface area contributed by atoms with Crippen LogP contribution in [0.25, 0.3) is 0 Å². The second-order valence-electron chi connectivity index (χ2n) is 3.76. The molecule has 84 valence electrons. The fourth-order valence-electron chi connectivity index (χ4n) is 1.14. The van der Waals surface area contributed by atoms with E-state index >= 15 is 0 Å². The lowest BCUT2D eigenvalue weighted by Gasteiger charge is -2.11. The summed E-state index contributed by atoms with van der Waals surface area (Å²) in [6, 6.07) is 5.66. The molecule has 0 aromatic heterocycles. The summed E-state index contributed by atoms with van der Waals surface area (Å²) >= 11 is 8.11. The molecule has 1 aliphatic carbocycles. The minimum atomic E-state index is -0.0756. The van der Waals surface area contributed by atoms with Crippen molar-refractivity contribution in [2.24, 2.45) is 5.73 Å². The first-order valence-corrected chi connectivity index (χ1v) is 5.91. The van der Waals surface area contributed by atoms with Gasteiger partial charge in [-0.2, -0.15) is 0 Å². The maximum Gasteiger partial charge on any atom is 0.121 e. The van der Waals surface area contributed by atoms with Crippen LogP contribution in [0.3, 0.4) is 0 Å². The minimum Gasteiger partial charge on any atom is -0.492 e. The second-order valence-corrected chi connectivity index (χ2v) is 5.44. The molecule has 0 unspecified atom stereocenters. The molecular weight excluding hydrogens is 348 g/mol. The minimum absolute atomic E-state index is 0. The van der Waals surface area contributed by atoms with E-state index in [1.165, 1.54) is 0 Å². The zero-order chi connectivity index (χ0) is 10.2. The van der Waals surface area contributed by atoms with Crippen LogP contribution in [0.2, 0.25) is 5.02 Å². The van der Waals surface area contributed by atoms with Gasteiger partial charge >= 0.3 is 0 Å². The third-order valence-electron chi connectivity index (χ3n) is 2.25. The first-order chi connectivity index (χ1) is 6.57. The molecule has 0 aliphatic heterocycles. The third-order valence-corrected chi connectivity index (χ3v) is 3.10. The summed E-state index contributed by atoms with van der Waals surface area (Å²) in [7, 11) is 0. The van der Waals surface area contributed by atoms with Gasteiger partial charge in [-0.15, -0.1) is 12.4 Å². The summed E-state index contributed by atoms with van der Waals surface area (Å²) in [5.74, 6) is 0.804. The molecule has 0 atom stereocenters. The van der Waals surface area contributed by atoms with Crippen molar-refractivity contribution in [1.29, 1.82) is 0 Å². The molecule has 1 aliphatic rings. The average Bonchev–Trinajstić information content (AvgIpc) is 2.80. The highest BCUT2D eigenvalue weighted by atomic mass is 127. The van der Waals surface area contributed by atoms with Crippen LogP contribution in [0.1, 0.15) is 12.8 Å². The molecule has 2 N–H and O–H groups in total. The van der Waals surface area contributed by atoms with Crippen LogP contribution >= 0.6 is 46.6 Å². The Morgan fingerprint density at radius 3 is 2.60 bits per heavy atom.